The fourth-order valence-electron chi connectivity index (χ4n) is 1.09. The summed E-state index contributed by atoms with van der Waals surface area (Å²) in [5, 5.41) is 5.64. The summed E-state index contributed by atoms with van der Waals surface area (Å²) in [6, 6.07) is 0. The number of carbonyl (C=O) groups is 1. The molecule has 0 aromatic heterocycles. The zero-order valence-corrected chi connectivity index (χ0v) is 9.34. The van der Waals surface area contributed by atoms with Crippen molar-refractivity contribution in [3.05, 3.63) is 0 Å². The Hall–Kier alpha value is -1.05. The first-order valence-corrected chi connectivity index (χ1v) is 5.21. The summed E-state index contributed by atoms with van der Waals surface area (Å²) in [7, 11) is 1.69. The Bertz CT molecular complexity index is 199. The van der Waals surface area contributed by atoms with Gasteiger partial charge in [-0.2, -0.15) is 0 Å². The van der Waals surface area contributed by atoms with E-state index in [-0.39, 0.29) is 5.91 Å². The Morgan fingerprint density at radius 2 is 2.20 bits per heavy atom. The molecule has 0 aliphatic heterocycles. The number of hydrogen-bond acceptors (Lipinski definition) is 3. The fourth-order valence-corrected chi connectivity index (χ4v) is 1.09. The minimum Gasteiger partial charge on any atom is -0.385 e. The van der Waals surface area contributed by atoms with E-state index in [2.05, 4.69) is 16.6 Å². The number of hydrogen-bond donors (Lipinski definition) is 2. The first kappa shape index (κ1) is 13.9. The van der Waals surface area contributed by atoms with E-state index >= 15 is 0 Å². The van der Waals surface area contributed by atoms with E-state index in [0.29, 0.717) is 13.1 Å². The Balaban J connectivity index is 3.14. The molecule has 0 spiro atoms. The number of carbonyl (C=O) groups excluding carboxylic acids is 1. The van der Waals surface area contributed by atoms with Crippen molar-refractivity contribution in [1.82, 2.24) is 10.6 Å². The minimum absolute atomic E-state index is 0.00279. The molecule has 4 nitrogen and oxygen atoms in total. The van der Waals surface area contributed by atoms with Crippen molar-refractivity contribution in [3.8, 4) is 12.3 Å². The highest BCUT2D eigenvalue weighted by molar-refractivity contribution is 5.77. The smallest absolute Gasteiger partial charge is 0.233 e. The van der Waals surface area contributed by atoms with Crippen molar-refractivity contribution in [2.45, 2.75) is 19.3 Å². The molecule has 0 heterocycles. The van der Waals surface area contributed by atoms with Crippen LogP contribution in [-0.4, -0.2) is 39.3 Å². The summed E-state index contributed by atoms with van der Waals surface area (Å²) in [6.45, 7) is 2.24. The molecule has 0 aliphatic rings. The number of unbranched alkanes of at least 4 members (excludes halogenated alkanes) is 2. The van der Waals surface area contributed by atoms with Crippen molar-refractivity contribution in [2.75, 3.05) is 33.4 Å². The van der Waals surface area contributed by atoms with Crippen LogP contribution >= 0.6 is 0 Å². The highest BCUT2D eigenvalue weighted by Gasteiger charge is 1.97. The van der Waals surface area contributed by atoms with E-state index in [0.717, 1.165) is 32.4 Å². The average molecular weight is 212 g/mol. The molecule has 0 unspecified atom stereocenters. The van der Waals surface area contributed by atoms with Crippen LogP contribution in [0.5, 0.6) is 0 Å². The third-order valence-corrected chi connectivity index (χ3v) is 1.86. The van der Waals surface area contributed by atoms with Gasteiger partial charge < -0.3 is 10.1 Å². The molecule has 15 heavy (non-hydrogen) atoms. The molecule has 0 fully saturated rings. The number of terminal acetylenes is 1. The zero-order chi connectivity index (χ0) is 11.4. The van der Waals surface area contributed by atoms with E-state index in [1.54, 1.807) is 7.11 Å². The lowest BCUT2D eigenvalue weighted by Crippen LogP contribution is -2.34. The molecule has 1 amide bonds. The van der Waals surface area contributed by atoms with Crippen molar-refractivity contribution in [1.29, 1.82) is 0 Å². The predicted octanol–water partition coefficient (Wildman–Crippen LogP) is 0.142. The molecule has 0 bridgehead atoms. The molecule has 86 valence electrons. The number of amides is 1. The van der Waals surface area contributed by atoms with Crippen molar-refractivity contribution in [2.24, 2.45) is 0 Å². The molecule has 0 radical (unpaired) electrons. The van der Waals surface area contributed by atoms with Gasteiger partial charge in [-0.25, -0.2) is 0 Å². The molecule has 0 aromatic rings. The van der Waals surface area contributed by atoms with Gasteiger partial charge >= 0.3 is 0 Å². The van der Waals surface area contributed by atoms with Gasteiger partial charge in [0.1, 0.15) is 0 Å². The molecule has 0 atom stereocenters. The third-order valence-electron chi connectivity index (χ3n) is 1.86. The molecular weight excluding hydrogens is 192 g/mol. The van der Waals surface area contributed by atoms with Gasteiger partial charge in [-0.3, -0.25) is 10.1 Å². The van der Waals surface area contributed by atoms with Gasteiger partial charge in [0.15, 0.2) is 0 Å². The Morgan fingerprint density at radius 1 is 1.40 bits per heavy atom. The van der Waals surface area contributed by atoms with E-state index in [1.165, 1.54) is 0 Å². The first-order chi connectivity index (χ1) is 7.31. The van der Waals surface area contributed by atoms with Gasteiger partial charge in [-0.1, -0.05) is 5.92 Å². The molecule has 0 rings (SSSR count). The predicted molar refractivity (Wildman–Crippen MR) is 60.4 cm³/mol. The highest BCUT2D eigenvalue weighted by Crippen LogP contribution is 1.93. The number of methoxy groups -OCH3 is 1. The highest BCUT2D eigenvalue weighted by atomic mass is 16.5. The molecular formula is C11H20N2O2. The van der Waals surface area contributed by atoms with Crippen LogP contribution in [0.25, 0.3) is 0 Å². The third kappa shape index (κ3) is 10.9. The molecule has 4 heteroatoms. The van der Waals surface area contributed by atoms with Crippen molar-refractivity contribution < 1.29 is 9.53 Å². The molecule has 0 aromatic carbocycles. The fraction of sp³-hybridized carbons (Fsp3) is 0.727. The van der Waals surface area contributed by atoms with E-state index in [4.69, 9.17) is 11.2 Å². The van der Waals surface area contributed by atoms with Crippen LogP contribution in [0.4, 0.5) is 0 Å². The molecule has 0 saturated heterocycles. The Kier molecular flexibility index (Phi) is 10.3. The summed E-state index contributed by atoms with van der Waals surface area (Å²) >= 11 is 0. The van der Waals surface area contributed by atoms with Crippen molar-refractivity contribution in [3.63, 3.8) is 0 Å². The van der Waals surface area contributed by atoms with Crippen LogP contribution in [0, 0.1) is 12.3 Å². The van der Waals surface area contributed by atoms with E-state index < -0.39 is 0 Å². The van der Waals surface area contributed by atoms with Crippen LogP contribution in [0.2, 0.25) is 0 Å². The second kappa shape index (κ2) is 11.0. The Morgan fingerprint density at radius 3 is 2.87 bits per heavy atom. The second-order valence-corrected chi connectivity index (χ2v) is 3.21. The van der Waals surface area contributed by atoms with Gasteiger partial charge in [0, 0.05) is 20.3 Å². The quantitative estimate of drug-likeness (QED) is 0.422. The first-order valence-electron chi connectivity index (χ1n) is 5.21. The Labute approximate surface area is 91.8 Å². The average Bonchev–Trinajstić information content (AvgIpc) is 2.23. The maximum atomic E-state index is 11.1. The lowest BCUT2D eigenvalue weighted by Gasteiger charge is -2.04. The van der Waals surface area contributed by atoms with Gasteiger partial charge in [-0.15, -0.1) is 6.42 Å². The maximum Gasteiger partial charge on any atom is 0.233 e. The van der Waals surface area contributed by atoms with Gasteiger partial charge in [0.05, 0.1) is 13.1 Å². The normalized spacial score (nSPS) is 9.60. The van der Waals surface area contributed by atoms with Gasteiger partial charge in [-0.05, 0) is 19.3 Å². The standard InChI is InChI=1S/C11H20N2O2/c1-3-7-12-10-11(14)13-8-5-4-6-9-15-2/h1,12H,4-10H2,2H3,(H,13,14). The summed E-state index contributed by atoms with van der Waals surface area (Å²) in [5.74, 6) is 2.41. The van der Waals surface area contributed by atoms with Gasteiger partial charge in [0.25, 0.3) is 0 Å². The lowest BCUT2D eigenvalue weighted by atomic mass is 10.2. The molecule has 0 aliphatic carbocycles. The summed E-state index contributed by atoms with van der Waals surface area (Å²) in [4.78, 5) is 11.1. The molecule has 0 saturated carbocycles. The second-order valence-electron chi connectivity index (χ2n) is 3.21. The minimum atomic E-state index is -0.00279. The van der Waals surface area contributed by atoms with Gasteiger partial charge in [0.2, 0.25) is 5.91 Å². The van der Waals surface area contributed by atoms with Crippen molar-refractivity contribution >= 4 is 5.91 Å². The largest absolute Gasteiger partial charge is 0.385 e. The van der Waals surface area contributed by atoms with Crippen LogP contribution in [0.15, 0.2) is 0 Å². The maximum absolute atomic E-state index is 11.1. The lowest BCUT2D eigenvalue weighted by molar-refractivity contribution is -0.120. The number of ether oxygens (including phenoxy) is 1. The van der Waals surface area contributed by atoms with Crippen LogP contribution in [-0.2, 0) is 9.53 Å². The SMILES string of the molecule is C#CCNCC(=O)NCCCCCOC. The number of rotatable bonds is 9. The van der Waals surface area contributed by atoms with Crippen LogP contribution in [0.3, 0.4) is 0 Å². The van der Waals surface area contributed by atoms with E-state index in [9.17, 15) is 4.79 Å². The summed E-state index contributed by atoms with van der Waals surface area (Å²) in [5.41, 5.74) is 0. The molecule has 2 N–H and O–H groups in total. The monoisotopic (exact) mass is 212 g/mol. The topological polar surface area (TPSA) is 50.4 Å². The van der Waals surface area contributed by atoms with Crippen LogP contribution < -0.4 is 10.6 Å². The number of nitrogens with one attached hydrogen (secondary N) is 2. The van der Waals surface area contributed by atoms with Crippen LogP contribution in [0.1, 0.15) is 19.3 Å². The summed E-state index contributed by atoms with van der Waals surface area (Å²) in [6.07, 6.45) is 8.14. The van der Waals surface area contributed by atoms with E-state index in [1.807, 2.05) is 0 Å². The summed E-state index contributed by atoms with van der Waals surface area (Å²) < 4.78 is 4.92. The zero-order valence-electron chi connectivity index (χ0n) is 9.34.